The Morgan fingerprint density at radius 3 is 2.79 bits per heavy atom. The molecule has 2 aromatic heterocycles. The summed E-state index contributed by atoms with van der Waals surface area (Å²) in [6, 6.07) is 3.85. The van der Waals surface area contributed by atoms with Gasteiger partial charge in [-0.15, -0.1) is 0 Å². The molecule has 1 atom stereocenters. The molecule has 1 unspecified atom stereocenters. The van der Waals surface area contributed by atoms with Crippen LogP contribution in [0.4, 0.5) is 10.2 Å². The van der Waals surface area contributed by atoms with Gasteiger partial charge in [-0.25, -0.2) is 14.4 Å². The number of nitrogens with one attached hydrogen (secondary N) is 1. The molecule has 154 valence electrons. The number of rotatable bonds is 6. The number of pyridine rings is 1. The van der Waals surface area contributed by atoms with Crippen LogP contribution in [0.5, 0.6) is 0 Å². The monoisotopic (exact) mass is 398 g/mol. The maximum Gasteiger partial charge on any atom is 0.213 e. The van der Waals surface area contributed by atoms with Crippen molar-refractivity contribution in [2.24, 2.45) is 5.73 Å². The van der Waals surface area contributed by atoms with Crippen molar-refractivity contribution in [3.05, 3.63) is 53.6 Å². The van der Waals surface area contributed by atoms with Crippen LogP contribution in [0, 0.1) is 0 Å². The topological polar surface area (TPSA) is 89.2 Å². The van der Waals surface area contributed by atoms with Crippen molar-refractivity contribution in [1.29, 1.82) is 0 Å². The first kappa shape index (κ1) is 20.7. The van der Waals surface area contributed by atoms with Crippen molar-refractivity contribution in [1.82, 2.24) is 20.3 Å². The molecule has 3 rings (SSSR count). The van der Waals surface area contributed by atoms with Gasteiger partial charge in [-0.3, -0.25) is 4.98 Å². The van der Waals surface area contributed by atoms with Crippen LogP contribution in [0.1, 0.15) is 18.4 Å². The number of anilines is 1. The molecular weight excluding hydrogens is 371 g/mol. The molecule has 1 saturated heterocycles. The molecule has 0 spiro atoms. The smallest absolute Gasteiger partial charge is 0.213 e. The maximum absolute atomic E-state index is 14.7. The summed E-state index contributed by atoms with van der Waals surface area (Å²) in [6.45, 7) is 5.04. The highest BCUT2D eigenvalue weighted by Crippen LogP contribution is 2.21. The average molecular weight is 398 g/mol. The summed E-state index contributed by atoms with van der Waals surface area (Å²) in [5.74, 6) is 0.894. The van der Waals surface area contributed by atoms with Gasteiger partial charge in [0.05, 0.1) is 5.35 Å². The Hall–Kier alpha value is -3.00. The van der Waals surface area contributed by atoms with Gasteiger partial charge in [-0.05, 0) is 48.7 Å². The third-order valence-corrected chi connectivity index (χ3v) is 4.75. The third-order valence-electron chi connectivity index (χ3n) is 4.75. The molecule has 1 fully saturated rings. The molecule has 0 radical (unpaired) electrons. The minimum Gasteiger partial charge on any atom is -0.474 e. The van der Waals surface area contributed by atoms with E-state index in [1.165, 1.54) is 6.20 Å². The Kier molecular flexibility index (Phi) is 6.43. The van der Waals surface area contributed by atoms with Crippen molar-refractivity contribution in [2.45, 2.75) is 18.5 Å². The van der Waals surface area contributed by atoms with Crippen LogP contribution in [0.3, 0.4) is 0 Å². The Labute approximate surface area is 169 Å². The normalized spacial score (nSPS) is 20.9. The van der Waals surface area contributed by atoms with Gasteiger partial charge in [0.1, 0.15) is 17.8 Å². The lowest BCUT2D eigenvalue weighted by Crippen LogP contribution is -2.46. The highest BCUT2D eigenvalue weighted by Gasteiger charge is 2.32. The number of allylic oxidation sites excluding steroid dienone is 1. The summed E-state index contributed by atoms with van der Waals surface area (Å²) in [4.78, 5) is 14.9. The SMILES string of the molecule is C=C(/C=c1/nccn/c1=C(/N)OCC1(F)CCCNC1)c1ccc(N(C)C)nc1. The minimum absolute atomic E-state index is 0.0424. The van der Waals surface area contributed by atoms with E-state index < -0.39 is 5.67 Å². The molecule has 2 aromatic rings. The van der Waals surface area contributed by atoms with E-state index in [2.05, 4.69) is 26.8 Å². The molecule has 7 nitrogen and oxygen atoms in total. The molecule has 0 saturated carbocycles. The van der Waals surface area contributed by atoms with E-state index in [-0.39, 0.29) is 19.0 Å². The Bertz CT molecular complexity index is 967. The van der Waals surface area contributed by atoms with Gasteiger partial charge in [0.25, 0.3) is 0 Å². The molecule has 1 aliphatic heterocycles. The van der Waals surface area contributed by atoms with Crippen molar-refractivity contribution in [3.8, 4) is 0 Å². The van der Waals surface area contributed by atoms with Gasteiger partial charge in [0.15, 0.2) is 5.67 Å². The van der Waals surface area contributed by atoms with Gasteiger partial charge < -0.3 is 20.7 Å². The Morgan fingerprint density at radius 1 is 1.34 bits per heavy atom. The van der Waals surface area contributed by atoms with E-state index in [0.29, 0.717) is 22.7 Å². The predicted molar refractivity (Wildman–Crippen MR) is 113 cm³/mol. The second-order valence-corrected chi connectivity index (χ2v) is 7.34. The van der Waals surface area contributed by atoms with Gasteiger partial charge in [-0.2, -0.15) is 0 Å². The number of ether oxygens (including phenoxy) is 1. The fourth-order valence-corrected chi connectivity index (χ4v) is 3.06. The van der Waals surface area contributed by atoms with Crippen LogP contribution in [0.25, 0.3) is 17.5 Å². The van der Waals surface area contributed by atoms with Crippen molar-refractivity contribution < 1.29 is 9.13 Å². The number of piperidine rings is 1. The quantitative estimate of drug-likeness (QED) is 0.735. The van der Waals surface area contributed by atoms with Crippen LogP contribution in [-0.4, -0.2) is 54.4 Å². The largest absolute Gasteiger partial charge is 0.474 e. The third kappa shape index (κ3) is 5.29. The zero-order valence-corrected chi connectivity index (χ0v) is 16.9. The zero-order valence-electron chi connectivity index (χ0n) is 16.9. The molecule has 1 aliphatic rings. The van der Waals surface area contributed by atoms with Gasteiger partial charge >= 0.3 is 0 Å². The summed E-state index contributed by atoms with van der Waals surface area (Å²) < 4.78 is 20.3. The van der Waals surface area contributed by atoms with Gasteiger partial charge in [-0.1, -0.05) is 6.58 Å². The summed E-state index contributed by atoms with van der Waals surface area (Å²) in [6.07, 6.45) is 7.80. The van der Waals surface area contributed by atoms with Crippen LogP contribution >= 0.6 is 0 Å². The molecule has 3 heterocycles. The summed E-state index contributed by atoms with van der Waals surface area (Å²) in [7, 11) is 3.86. The van der Waals surface area contributed by atoms with Gasteiger partial charge in [0, 0.05) is 39.2 Å². The molecule has 0 bridgehead atoms. The molecule has 0 amide bonds. The van der Waals surface area contributed by atoms with Crippen LogP contribution < -0.4 is 26.6 Å². The lowest BCUT2D eigenvalue weighted by molar-refractivity contribution is 0.0447. The summed E-state index contributed by atoms with van der Waals surface area (Å²) >= 11 is 0. The lowest BCUT2D eigenvalue weighted by Gasteiger charge is -2.29. The fourth-order valence-electron chi connectivity index (χ4n) is 3.06. The second kappa shape index (κ2) is 9.00. The van der Waals surface area contributed by atoms with E-state index in [4.69, 9.17) is 10.5 Å². The predicted octanol–water partition coefficient (Wildman–Crippen LogP) is 0.564. The highest BCUT2D eigenvalue weighted by atomic mass is 19.1. The highest BCUT2D eigenvalue weighted by molar-refractivity contribution is 5.86. The number of hydrogen-bond acceptors (Lipinski definition) is 7. The minimum atomic E-state index is -1.43. The van der Waals surface area contributed by atoms with E-state index in [9.17, 15) is 4.39 Å². The van der Waals surface area contributed by atoms with Crippen LogP contribution in [0.2, 0.25) is 0 Å². The van der Waals surface area contributed by atoms with Crippen molar-refractivity contribution >= 4 is 23.4 Å². The number of aromatic nitrogens is 3. The molecule has 0 aromatic carbocycles. The van der Waals surface area contributed by atoms with E-state index in [0.717, 1.165) is 24.3 Å². The number of alkyl halides is 1. The number of halogens is 1. The first-order chi connectivity index (χ1) is 13.9. The van der Waals surface area contributed by atoms with Crippen LogP contribution in [-0.2, 0) is 4.74 Å². The molecule has 8 heteroatoms. The number of nitrogens with zero attached hydrogens (tertiary/aromatic N) is 4. The summed E-state index contributed by atoms with van der Waals surface area (Å²) in [5.41, 5.74) is 6.20. The van der Waals surface area contributed by atoms with E-state index >= 15 is 0 Å². The summed E-state index contributed by atoms with van der Waals surface area (Å²) in [5, 5.41) is 3.91. The molecular formula is C21H27FN6O. The molecule has 29 heavy (non-hydrogen) atoms. The Balaban J connectivity index is 1.85. The van der Waals surface area contributed by atoms with E-state index in [1.807, 2.05) is 31.1 Å². The number of hydrogen-bond donors (Lipinski definition) is 2. The first-order valence-corrected chi connectivity index (χ1v) is 9.52. The lowest BCUT2D eigenvalue weighted by atomic mass is 9.97. The van der Waals surface area contributed by atoms with Crippen molar-refractivity contribution in [3.63, 3.8) is 0 Å². The first-order valence-electron chi connectivity index (χ1n) is 9.52. The molecule has 0 aliphatic carbocycles. The average Bonchev–Trinajstić information content (AvgIpc) is 2.73. The fraction of sp³-hybridized carbons (Fsp3) is 0.381. The maximum atomic E-state index is 14.7. The van der Waals surface area contributed by atoms with Crippen LogP contribution in [0.15, 0.2) is 37.3 Å². The zero-order chi connectivity index (χ0) is 20.9. The van der Waals surface area contributed by atoms with E-state index in [1.54, 1.807) is 18.5 Å². The Morgan fingerprint density at radius 2 is 2.14 bits per heavy atom. The standard InChI is InChI=1S/C21H27FN6O/c1-15(16-5-6-18(27-12-16)28(2)3)11-17-19(26-10-9-25-17)20(23)29-14-21(22)7-4-8-24-13-21/h5-6,9-12,24H,1,4,7-8,13-14,23H2,2-3H3/b17-11+,20-19-. The molecule has 3 N–H and O–H groups in total. The van der Waals surface area contributed by atoms with Gasteiger partial charge in [0.2, 0.25) is 5.88 Å². The van der Waals surface area contributed by atoms with Crippen molar-refractivity contribution in [2.75, 3.05) is 38.7 Å². The number of nitrogens with two attached hydrogens (primary N) is 1. The second-order valence-electron chi connectivity index (χ2n) is 7.34.